The van der Waals surface area contributed by atoms with E-state index in [-0.39, 0.29) is 11.6 Å². The van der Waals surface area contributed by atoms with E-state index in [4.69, 9.17) is 5.11 Å². The summed E-state index contributed by atoms with van der Waals surface area (Å²) in [6.07, 6.45) is -4.83. The standard InChI is InChI=1S/C8H9F2NO5/c1-14-8(13)5-2-6(11-16-5)15-3-4(12)7(9)10/h2,4,7,12H,3H2,1H3. The second-order valence-corrected chi connectivity index (χ2v) is 2.73. The molecule has 6 nitrogen and oxygen atoms in total. The van der Waals surface area contributed by atoms with Crippen LogP contribution in [0.5, 0.6) is 5.88 Å². The molecule has 0 amide bonds. The van der Waals surface area contributed by atoms with Crippen LogP contribution in [0.4, 0.5) is 8.78 Å². The van der Waals surface area contributed by atoms with Crippen LogP contribution in [-0.4, -0.2) is 42.5 Å². The molecule has 1 aromatic rings. The number of esters is 1. The van der Waals surface area contributed by atoms with Gasteiger partial charge in [0.15, 0.2) is 0 Å². The van der Waals surface area contributed by atoms with Gasteiger partial charge >= 0.3 is 5.97 Å². The molecule has 90 valence electrons. The number of methoxy groups -OCH3 is 1. The van der Waals surface area contributed by atoms with E-state index in [0.29, 0.717) is 0 Å². The summed E-state index contributed by atoms with van der Waals surface area (Å²) in [6, 6.07) is 1.07. The van der Waals surface area contributed by atoms with Gasteiger partial charge in [-0.15, -0.1) is 0 Å². The maximum absolute atomic E-state index is 11.9. The van der Waals surface area contributed by atoms with Crippen molar-refractivity contribution in [3.05, 3.63) is 11.8 Å². The van der Waals surface area contributed by atoms with Crippen molar-refractivity contribution in [1.82, 2.24) is 5.16 Å². The van der Waals surface area contributed by atoms with Crippen LogP contribution in [0.1, 0.15) is 10.6 Å². The van der Waals surface area contributed by atoms with Gasteiger partial charge in [-0.1, -0.05) is 0 Å². The molecule has 0 aromatic carbocycles. The molecule has 0 fully saturated rings. The smallest absolute Gasteiger partial charge is 0.377 e. The number of hydrogen-bond donors (Lipinski definition) is 1. The summed E-state index contributed by atoms with van der Waals surface area (Å²) in [5.74, 6) is -1.17. The minimum Gasteiger partial charge on any atom is -0.473 e. The highest BCUT2D eigenvalue weighted by molar-refractivity contribution is 5.86. The molecular formula is C8H9F2NO5. The summed E-state index contributed by atoms with van der Waals surface area (Å²) < 4.78 is 37.2. The molecule has 8 heteroatoms. The molecule has 0 aliphatic carbocycles. The van der Waals surface area contributed by atoms with Crippen molar-refractivity contribution in [3.63, 3.8) is 0 Å². The van der Waals surface area contributed by atoms with E-state index in [2.05, 4.69) is 19.2 Å². The van der Waals surface area contributed by atoms with Crippen LogP contribution in [0.15, 0.2) is 10.6 Å². The van der Waals surface area contributed by atoms with Crippen LogP contribution in [-0.2, 0) is 4.74 Å². The molecule has 1 rings (SSSR count). The minimum atomic E-state index is -2.91. The molecule has 1 atom stereocenters. The van der Waals surface area contributed by atoms with Gasteiger partial charge in [-0.25, -0.2) is 13.6 Å². The van der Waals surface area contributed by atoms with E-state index in [9.17, 15) is 13.6 Å². The van der Waals surface area contributed by atoms with Crippen molar-refractivity contribution in [2.24, 2.45) is 0 Å². The van der Waals surface area contributed by atoms with Crippen molar-refractivity contribution in [2.45, 2.75) is 12.5 Å². The number of alkyl halides is 2. The lowest BCUT2D eigenvalue weighted by molar-refractivity contribution is -0.0295. The number of carbonyl (C=O) groups is 1. The summed E-state index contributed by atoms with van der Waals surface area (Å²) in [4.78, 5) is 10.9. The fraction of sp³-hybridized carbons (Fsp3) is 0.500. The van der Waals surface area contributed by atoms with E-state index in [1.54, 1.807) is 0 Å². The van der Waals surface area contributed by atoms with Crippen LogP contribution in [0.25, 0.3) is 0 Å². The topological polar surface area (TPSA) is 81.8 Å². The van der Waals surface area contributed by atoms with E-state index >= 15 is 0 Å². The van der Waals surface area contributed by atoms with Crippen molar-refractivity contribution in [1.29, 1.82) is 0 Å². The van der Waals surface area contributed by atoms with E-state index in [1.165, 1.54) is 0 Å². The zero-order valence-electron chi connectivity index (χ0n) is 8.22. The van der Waals surface area contributed by atoms with Crippen molar-refractivity contribution >= 4 is 5.97 Å². The first-order valence-electron chi connectivity index (χ1n) is 4.18. The van der Waals surface area contributed by atoms with Crippen LogP contribution < -0.4 is 4.74 Å². The van der Waals surface area contributed by atoms with Crippen molar-refractivity contribution in [3.8, 4) is 5.88 Å². The third kappa shape index (κ3) is 3.16. The molecule has 1 N–H and O–H groups in total. The highest BCUT2D eigenvalue weighted by Crippen LogP contribution is 2.13. The van der Waals surface area contributed by atoms with E-state index in [1.807, 2.05) is 0 Å². The van der Waals surface area contributed by atoms with Crippen molar-refractivity contribution < 1.29 is 32.7 Å². The van der Waals surface area contributed by atoms with Gasteiger partial charge in [-0.3, -0.25) is 0 Å². The molecule has 1 unspecified atom stereocenters. The van der Waals surface area contributed by atoms with Gasteiger partial charge in [0.05, 0.1) is 13.2 Å². The Kier molecular flexibility index (Phi) is 4.18. The number of aromatic nitrogens is 1. The third-order valence-corrected chi connectivity index (χ3v) is 1.57. The Morgan fingerprint density at radius 3 is 2.94 bits per heavy atom. The zero-order valence-corrected chi connectivity index (χ0v) is 8.22. The molecule has 0 saturated heterocycles. The normalized spacial score (nSPS) is 12.6. The molecule has 1 aromatic heterocycles. The lowest BCUT2D eigenvalue weighted by atomic mass is 10.4. The lowest BCUT2D eigenvalue weighted by Crippen LogP contribution is -2.25. The zero-order chi connectivity index (χ0) is 12.1. The first kappa shape index (κ1) is 12.4. The quantitative estimate of drug-likeness (QED) is 0.749. The fourth-order valence-corrected chi connectivity index (χ4v) is 0.767. The number of halogens is 2. The van der Waals surface area contributed by atoms with Gasteiger partial charge in [0.2, 0.25) is 5.76 Å². The second kappa shape index (κ2) is 5.40. The Morgan fingerprint density at radius 1 is 1.69 bits per heavy atom. The summed E-state index contributed by atoms with van der Waals surface area (Å²) in [6.45, 7) is -0.648. The number of hydrogen-bond acceptors (Lipinski definition) is 6. The first-order valence-corrected chi connectivity index (χ1v) is 4.18. The van der Waals surface area contributed by atoms with Gasteiger partial charge in [0.25, 0.3) is 12.3 Å². The monoisotopic (exact) mass is 237 g/mol. The summed E-state index contributed by atoms with van der Waals surface area (Å²) in [5, 5.41) is 12.0. The van der Waals surface area contributed by atoms with E-state index in [0.717, 1.165) is 13.2 Å². The van der Waals surface area contributed by atoms with Gasteiger partial charge in [0.1, 0.15) is 12.7 Å². The molecule has 1 heterocycles. The predicted octanol–water partition coefficient (Wildman–Crippen LogP) is 0.466. The Morgan fingerprint density at radius 2 is 2.38 bits per heavy atom. The van der Waals surface area contributed by atoms with E-state index < -0.39 is 25.1 Å². The Balaban J connectivity index is 2.49. The van der Waals surface area contributed by atoms with Crippen LogP contribution in [0, 0.1) is 0 Å². The van der Waals surface area contributed by atoms with Gasteiger partial charge in [-0.2, -0.15) is 0 Å². The Bertz CT molecular complexity index is 354. The maximum atomic E-state index is 11.9. The summed E-state index contributed by atoms with van der Waals surface area (Å²) >= 11 is 0. The molecule has 0 radical (unpaired) electrons. The Labute approximate surface area is 88.7 Å². The van der Waals surface area contributed by atoms with Gasteiger partial charge in [0, 0.05) is 0 Å². The third-order valence-electron chi connectivity index (χ3n) is 1.57. The average Bonchev–Trinajstić information content (AvgIpc) is 2.73. The second-order valence-electron chi connectivity index (χ2n) is 2.73. The molecule has 16 heavy (non-hydrogen) atoms. The highest BCUT2D eigenvalue weighted by atomic mass is 19.3. The first-order chi connectivity index (χ1) is 7.54. The minimum absolute atomic E-state index is 0.180. The summed E-state index contributed by atoms with van der Waals surface area (Å²) in [5.41, 5.74) is 0. The Hall–Kier alpha value is -1.70. The molecule has 0 saturated carbocycles. The number of nitrogens with zero attached hydrogens (tertiary/aromatic N) is 1. The lowest BCUT2D eigenvalue weighted by Gasteiger charge is -2.08. The molecule has 0 aliphatic rings. The largest absolute Gasteiger partial charge is 0.473 e. The SMILES string of the molecule is COC(=O)c1cc(OCC(O)C(F)F)no1. The number of carbonyl (C=O) groups excluding carboxylic acids is 1. The number of ether oxygens (including phenoxy) is 2. The van der Waals surface area contributed by atoms with Crippen molar-refractivity contribution in [2.75, 3.05) is 13.7 Å². The van der Waals surface area contributed by atoms with Crippen LogP contribution in [0.3, 0.4) is 0 Å². The summed E-state index contributed by atoms with van der Waals surface area (Å²) in [7, 11) is 1.14. The number of aliphatic hydroxyl groups is 1. The van der Waals surface area contributed by atoms with Gasteiger partial charge < -0.3 is 19.1 Å². The fourth-order valence-electron chi connectivity index (χ4n) is 0.767. The number of rotatable bonds is 5. The number of aliphatic hydroxyl groups excluding tert-OH is 1. The highest BCUT2D eigenvalue weighted by Gasteiger charge is 2.19. The molecule has 0 aliphatic heterocycles. The van der Waals surface area contributed by atoms with Crippen LogP contribution in [0.2, 0.25) is 0 Å². The molecule has 0 spiro atoms. The maximum Gasteiger partial charge on any atom is 0.377 e. The molecule has 0 bridgehead atoms. The van der Waals surface area contributed by atoms with Crippen LogP contribution >= 0.6 is 0 Å². The predicted molar refractivity (Wildman–Crippen MR) is 45.3 cm³/mol. The average molecular weight is 237 g/mol. The molecular weight excluding hydrogens is 228 g/mol. The van der Waals surface area contributed by atoms with Gasteiger partial charge in [-0.05, 0) is 5.16 Å².